The van der Waals surface area contributed by atoms with Gasteiger partial charge in [0.2, 0.25) is 0 Å². The maximum Gasteiger partial charge on any atom is 0.123 e. The van der Waals surface area contributed by atoms with Crippen LogP contribution in [0.25, 0.3) is 16.9 Å². The van der Waals surface area contributed by atoms with E-state index in [2.05, 4.69) is 32.0 Å². The molecule has 1 heterocycles. The number of aryl methyl sites for hydroxylation is 2. The fourth-order valence-corrected chi connectivity index (χ4v) is 2.75. The van der Waals surface area contributed by atoms with Gasteiger partial charge >= 0.3 is 0 Å². The third-order valence-corrected chi connectivity index (χ3v) is 3.88. The van der Waals surface area contributed by atoms with Crippen LogP contribution in [0.15, 0.2) is 48.5 Å². The first-order valence-electron chi connectivity index (χ1n) is 7.71. The summed E-state index contributed by atoms with van der Waals surface area (Å²) in [6.45, 7) is 4.69. The van der Waals surface area contributed by atoms with Crippen molar-refractivity contribution >= 4 is 0 Å². The predicted molar refractivity (Wildman–Crippen MR) is 91.2 cm³/mol. The molecule has 2 N–H and O–H groups in total. The van der Waals surface area contributed by atoms with Crippen LogP contribution in [0.5, 0.6) is 0 Å². The van der Waals surface area contributed by atoms with E-state index in [0.717, 1.165) is 28.2 Å². The largest absolute Gasteiger partial charge is 0.330 e. The summed E-state index contributed by atoms with van der Waals surface area (Å²) in [7, 11) is 0. The monoisotopic (exact) mass is 309 g/mol. The highest BCUT2D eigenvalue weighted by Gasteiger charge is 2.13. The highest BCUT2D eigenvalue weighted by Crippen LogP contribution is 2.26. The number of nitrogens with zero attached hydrogens (tertiary/aromatic N) is 2. The molecule has 0 atom stereocenters. The molecule has 3 aromatic rings. The predicted octanol–water partition coefficient (Wildman–Crippen LogP) is 3.80. The summed E-state index contributed by atoms with van der Waals surface area (Å²) in [6.07, 6.45) is 0.714. The second-order valence-corrected chi connectivity index (χ2v) is 5.77. The van der Waals surface area contributed by atoms with Crippen molar-refractivity contribution in [2.24, 2.45) is 5.73 Å². The van der Waals surface area contributed by atoms with Gasteiger partial charge in [0.05, 0.1) is 17.1 Å². The molecule has 0 bridgehead atoms. The zero-order chi connectivity index (χ0) is 16.4. The Bertz CT molecular complexity index is 819. The third-order valence-electron chi connectivity index (χ3n) is 3.88. The molecule has 23 heavy (non-hydrogen) atoms. The molecule has 2 aromatic carbocycles. The lowest BCUT2D eigenvalue weighted by molar-refractivity contribution is 0.628. The molecule has 0 aliphatic carbocycles. The molecule has 0 saturated heterocycles. The van der Waals surface area contributed by atoms with Crippen molar-refractivity contribution in [3.63, 3.8) is 0 Å². The molecule has 0 spiro atoms. The van der Waals surface area contributed by atoms with Gasteiger partial charge in [0, 0.05) is 12.0 Å². The van der Waals surface area contributed by atoms with Crippen molar-refractivity contribution in [1.82, 2.24) is 9.78 Å². The minimum absolute atomic E-state index is 0.242. The normalized spacial score (nSPS) is 11.0. The smallest absolute Gasteiger partial charge is 0.123 e. The molecule has 0 fully saturated rings. The van der Waals surface area contributed by atoms with Crippen LogP contribution in [0.4, 0.5) is 4.39 Å². The van der Waals surface area contributed by atoms with Crippen molar-refractivity contribution in [3.8, 4) is 16.9 Å². The topological polar surface area (TPSA) is 43.8 Å². The average molecular weight is 309 g/mol. The first-order valence-corrected chi connectivity index (χ1v) is 7.71. The minimum Gasteiger partial charge on any atom is -0.330 e. The standard InChI is InChI=1S/C19H20FN3/c1-13-3-8-18(14(2)11-13)23-19(12-17(22-23)9-10-21)15-4-6-16(20)7-5-15/h3-8,11-12H,9-10,21H2,1-2H3. The Hall–Kier alpha value is -2.46. The number of halogens is 1. The van der Waals surface area contributed by atoms with Gasteiger partial charge < -0.3 is 5.73 Å². The minimum atomic E-state index is -0.242. The molecule has 1 aromatic heterocycles. The van der Waals surface area contributed by atoms with E-state index in [0.29, 0.717) is 13.0 Å². The van der Waals surface area contributed by atoms with E-state index in [-0.39, 0.29) is 5.82 Å². The van der Waals surface area contributed by atoms with Gasteiger partial charge in [-0.3, -0.25) is 0 Å². The number of aromatic nitrogens is 2. The highest BCUT2D eigenvalue weighted by atomic mass is 19.1. The lowest BCUT2D eigenvalue weighted by Gasteiger charge is -2.11. The average Bonchev–Trinajstić information content (AvgIpc) is 2.92. The Balaban J connectivity index is 2.16. The van der Waals surface area contributed by atoms with Crippen molar-refractivity contribution in [2.75, 3.05) is 6.54 Å². The molecular weight excluding hydrogens is 289 g/mol. The van der Waals surface area contributed by atoms with E-state index in [9.17, 15) is 4.39 Å². The first-order chi connectivity index (χ1) is 11.1. The van der Waals surface area contributed by atoms with Crippen LogP contribution in [0, 0.1) is 19.7 Å². The molecule has 0 saturated carbocycles. The van der Waals surface area contributed by atoms with Crippen LogP contribution in [0.1, 0.15) is 16.8 Å². The van der Waals surface area contributed by atoms with E-state index < -0.39 is 0 Å². The van der Waals surface area contributed by atoms with Crippen LogP contribution in [0.3, 0.4) is 0 Å². The second-order valence-electron chi connectivity index (χ2n) is 5.77. The van der Waals surface area contributed by atoms with Crippen LogP contribution in [-0.2, 0) is 6.42 Å². The molecular formula is C19H20FN3. The second kappa shape index (κ2) is 6.34. The Labute approximate surface area is 135 Å². The summed E-state index contributed by atoms with van der Waals surface area (Å²) in [6, 6.07) is 14.8. The maximum absolute atomic E-state index is 13.2. The fourth-order valence-electron chi connectivity index (χ4n) is 2.75. The van der Waals surface area contributed by atoms with Gasteiger partial charge in [0.1, 0.15) is 5.82 Å². The number of hydrogen-bond acceptors (Lipinski definition) is 2. The molecule has 4 heteroatoms. The third kappa shape index (κ3) is 3.17. The number of benzene rings is 2. The number of rotatable bonds is 4. The van der Waals surface area contributed by atoms with Gasteiger partial charge in [-0.05, 0) is 62.4 Å². The Morgan fingerprint density at radius 1 is 1.04 bits per heavy atom. The summed E-state index contributed by atoms with van der Waals surface area (Å²) in [5.41, 5.74) is 11.9. The molecule has 118 valence electrons. The van der Waals surface area contributed by atoms with E-state index in [4.69, 9.17) is 10.8 Å². The van der Waals surface area contributed by atoms with Gasteiger partial charge in [-0.2, -0.15) is 5.10 Å². The molecule has 0 radical (unpaired) electrons. The molecule has 0 aliphatic rings. The molecule has 3 rings (SSSR count). The lowest BCUT2D eigenvalue weighted by atomic mass is 10.1. The van der Waals surface area contributed by atoms with E-state index in [1.165, 1.54) is 17.7 Å². The van der Waals surface area contributed by atoms with Crippen molar-refractivity contribution in [3.05, 3.63) is 71.2 Å². The van der Waals surface area contributed by atoms with E-state index in [1.54, 1.807) is 12.1 Å². The van der Waals surface area contributed by atoms with Gasteiger partial charge in [-0.1, -0.05) is 17.7 Å². The van der Waals surface area contributed by atoms with Crippen LogP contribution >= 0.6 is 0 Å². The lowest BCUT2D eigenvalue weighted by Crippen LogP contribution is -2.05. The van der Waals surface area contributed by atoms with Crippen LogP contribution in [0.2, 0.25) is 0 Å². The van der Waals surface area contributed by atoms with E-state index >= 15 is 0 Å². The quantitative estimate of drug-likeness (QED) is 0.796. The molecule has 0 unspecified atom stereocenters. The molecule has 0 aliphatic heterocycles. The SMILES string of the molecule is Cc1ccc(-n2nc(CCN)cc2-c2ccc(F)cc2)c(C)c1. The summed E-state index contributed by atoms with van der Waals surface area (Å²) < 4.78 is 15.1. The van der Waals surface area contributed by atoms with Crippen molar-refractivity contribution < 1.29 is 4.39 Å². The van der Waals surface area contributed by atoms with Crippen LogP contribution < -0.4 is 5.73 Å². The van der Waals surface area contributed by atoms with Crippen LogP contribution in [-0.4, -0.2) is 16.3 Å². The number of nitrogens with two attached hydrogens (primary N) is 1. The summed E-state index contributed by atoms with van der Waals surface area (Å²) >= 11 is 0. The van der Waals surface area contributed by atoms with E-state index in [1.807, 2.05) is 10.7 Å². The summed E-state index contributed by atoms with van der Waals surface area (Å²) in [4.78, 5) is 0. The fraction of sp³-hybridized carbons (Fsp3) is 0.211. The summed E-state index contributed by atoms with van der Waals surface area (Å²) in [5, 5.41) is 4.70. The zero-order valence-corrected chi connectivity index (χ0v) is 13.4. The Morgan fingerprint density at radius 2 is 1.78 bits per heavy atom. The van der Waals surface area contributed by atoms with Gasteiger partial charge in [0.25, 0.3) is 0 Å². The summed E-state index contributed by atoms with van der Waals surface area (Å²) in [5.74, 6) is -0.242. The first kappa shape index (κ1) is 15.4. The van der Waals surface area contributed by atoms with Crippen molar-refractivity contribution in [1.29, 1.82) is 0 Å². The Morgan fingerprint density at radius 3 is 2.43 bits per heavy atom. The molecule has 3 nitrogen and oxygen atoms in total. The van der Waals surface area contributed by atoms with Gasteiger partial charge in [0.15, 0.2) is 0 Å². The van der Waals surface area contributed by atoms with Gasteiger partial charge in [-0.25, -0.2) is 9.07 Å². The van der Waals surface area contributed by atoms with Crippen molar-refractivity contribution in [2.45, 2.75) is 20.3 Å². The molecule has 0 amide bonds. The number of hydrogen-bond donors (Lipinski definition) is 1. The zero-order valence-electron chi connectivity index (χ0n) is 13.4. The maximum atomic E-state index is 13.2. The van der Waals surface area contributed by atoms with Gasteiger partial charge in [-0.15, -0.1) is 0 Å². The highest BCUT2D eigenvalue weighted by molar-refractivity contribution is 5.63. The Kier molecular flexibility index (Phi) is 4.26.